The van der Waals surface area contributed by atoms with Crippen molar-refractivity contribution in [2.45, 2.75) is 6.42 Å². The molecule has 0 aliphatic heterocycles. The number of methoxy groups -OCH3 is 2. The lowest BCUT2D eigenvalue weighted by Gasteiger charge is -2.11. The van der Waals surface area contributed by atoms with Crippen LogP contribution in [0.4, 0.5) is 0 Å². The van der Waals surface area contributed by atoms with Crippen molar-refractivity contribution in [2.24, 2.45) is 10.1 Å². The summed E-state index contributed by atoms with van der Waals surface area (Å²) in [5.41, 5.74) is 4.14. The maximum absolute atomic E-state index is 5.61. The first kappa shape index (κ1) is 21.1. The zero-order chi connectivity index (χ0) is 21.5. The molecule has 0 aliphatic carbocycles. The van der Waals surface area contributed by atoms with Crippen LogP contribution in [0.1, 0.15) is 11.1 Å². The first-order chi connectivity index (χ1) is 15.3. The summed E-state index contributed by atoms with van der Waals surface area (Å²) in [6, 6.07) is 18.2. The molecule has 31 heavy (non-hydrogen) atoms. The first-order valence-electron chi connectivity index (χ1n) is 9.82. The van der Waals surface area contributed by atoms with E-state index in [4.69, 9.17) is 19.6 Å². The average molecular weight is 450 g/mol. The van der Waals surface area contributed by atoms with Crippen LogP contribution < -0.4 is 14.3 Å². The normalized spacial score (nSPS) is 11.9. The summed E-state index contributed by atoms with van der Waals surface area (Å²) in [4.78, 5) is 5.68. The predicted molar refractivity (Wildman–Crippen MR) is 129 cm³/mol. The van der Waals surface area contributed by atoms with Crippen LogP contribution in [-0.4, -0.2) is 31.7 Å². The Labute approximate surface area is 189 Å². The highest BCUT2D eigenvalue weighted by Gasteiger charge is 2.14. The molecule has 0 amide bonds. The molecule has 0 fully saturated rings. The van der Waals surface area contributed by atoms with Gasteiger partial charge in [-0.05, 0) is 47.0 Å². The van der Waals surface area contributed by atoms with Gasteiger partial charge in [0.15, 0.2) is 0 Å². The Morgan fingerprint density at radius 1 is 1.00 bits per heavy atom. The Morgan fingerprint density at radius 3 is 2.61 bits per heavy atom. The van der Waals surface area contributed by atoms with E-state index in [0.29, 0.717) is 6.54 Å². The van der Waals surface area contributed by atoms with Gasteiger partial charge in [-0.2, -0.15) is 16.4 Å². The minimum atomic E-state index is 0.688. The lowest BCUT2D eigenvalue weighted by molar-refractivity contribution is 0.404. The van der Waals surface area contributed by atoms with Crippen molar-refractivity contribution in [1.82, 2.24) is 4.68 Å². The van der Waals surface area contributed by atoms with Crippen LogP contribution >= 0.6 is 22.7 Å². The molecule has 0 saturated carbocycles. The molecular weight excluding hydrogens is 426 g/mol. The number of nitrogens with zero attached hydrogens (tertiary/aromatic N) is 3. The van der Waals surface area contributed by atoms with Gasteiger partial charge in [0.1, 0.15) is 11.5 Å². The average Bonchev–Trinajstić information content (AvgIpc) is 3.48. The lowest BCUT2D eigenvalue weighted by atomic mass is 10.1. The van der Waals surface area contributed by atoms with Crippen LogP contribution in [0.2, 0.25) is 0 Å². The number of ether oxygens (including phenoxy) is 2. The van der Waals surface area contributed by atoms with Gasteiger partial charge in [0.2, 0.25) is 4.80 Å². The van der Waals surface area contributed by atoms with Gasteiger partial charge in [0.05, 0.1) is 26.1 Å². The summed E-state index contributed by atoms with van der Waals surface area (Å²) >= 11 is 3.21. The molecule has 0 saturated heterocycles. The van der Waals surface area contributed by atoms with Crippen LogP contribution in [0.25, 0.3) is 11.3 Å². The molecule has 5 nitrogen and oxygen atoms in total. The number of hydrogen-bond acceptors (Lipinski definition) is 6. The van der Waals surface area contributed by atoms with Crippen LogP contribution in [0.3, 0.4) is 0 Å². The molecule has 7 heteroatoms. The number of thiophene rings is 1. The van der Waals surface area contributed by atoms with Crippen molar-refractivity contribution in [2.75, 3.05) is 20.8 Å². The highest BCUT2D eigenvalue weighted by molar-refractivity contribution is 7.08. The van der Waals surface area contributed by atoms with E-state index in [9.17, 15) is 0 Å². The van der Waals surface area contributed by atoms with Crippen molar-refractivity contribution in [3.63, 3.8) is 0 Å². The molecule has 0 atom stereocenters. The molecule has 2 aromatic carbocycles. The van der Waals surface area contributed by atoms with Gasteiger partial charge in [-0.1, -0.05) is 30.3 Å². The molecule has 0 spiro atoms. The fourth-order valence-corrected chi connectivity index (χ4v) is 4.58. The van der Waals surface area contributed by atoms with Crippen LogP contribution in [0.5, 0.6) is 11.5 Å². The lowest BCUT2D eigenvalue weighted by Crippen LogP contribution is -2.13. The maximum atomic E-state index is 5.61. The fourth-order valence-electron chi connectivity index (χ4n) is 3.12. The molecule has 2 aromatic heterocycles. The number of rotatable bonds is 8. The molecule has 0 N–H and O–H groups in total. The highest BCUT2D eigenvalue weighted by atomic mass is 32.1. The first-order valence-corrected chi connectivity index (χ1v) is 11.6. The molecule has 0 radical (unpaired) electrons. The Hall–Kier alpha value is -3.16. The third kappa shape index (κ3) is 5.13. The van der Waals surface area contributed by atoms with Gasteiger partial charge in [-0.25, -0.2) is 4.68 Å². The Balaban J connectivity index is 1.74. The summed E-state index contributed by atoms with van der Waals surface area (Å²) in [7, 11) is 3.33. The van der Waals surface area contributed by atoms with E-state index < -0.39 is 0 Å². The van der Waals surface area contributed by atoms with Gasteiger partial charge < -0.3 is 9.47 Å². The second-order valence-corrected chi connectivity index (χ2v) is 8.32. The quantitative estimate of drug-likeness (QED) is 0.342. The van der Waals surface area contributed by atoms with Crippen LogP contribution in [0, 0.1) is 0 Å². The number of aromatic nitrogens is 1. The number of thiazole rings is 1. The minimum Gasteiger partial charge on any atom is -0.497 e. The topological polar surface area (TPSA) is 48.1 Å². The van der Waals surface area contributed by atoms with Gasteiger partial charge in [-0.3, -0.25) is 4.99 Å². The molecule has 158 valence electrons. The van der Waals surface area contributed by atoms with Gasteiger partial charge in [0.25, 0.3) is 0 Å². The molecule has 4 rings (SSSR count). The Morgan fingerprint density at radius 2 is 1.87 bits per heavy atom. The summed E-state index contributed by atoms with van der Waals surface area (Å²) in [6.07, 6.45) is 2.74. The highest BCUT2D eigenvalue weighted by Crippen LogP contribution is 2.33. The van der Waals surface area contributed by atoms with E-state index in [-0.39, 0.29) is 0 Å². The summed E-state index contributed by atoms with van der Waals surface area (Å²) in [5, 5.41) is 10.9. The van der Waals surface area contributed by atoms with E-state index in [1.54, 1.807) is 36.9 Å². The van der Waals surface area contributed by atoms with Crippen molar-refractivity contribution in [1.29, 1.82) is 0 Å². The third-order valence-corrected chi connectivity index (χ3v) is 6.28. The minimum absolute atomic E-state index is 0.688. The molecule has 0 aliphatic rings. The number of hydrogen-bond donors (Lipinski definition) is 0. The van der Waals surface area contributed by atoms with E-state index >= 15 is 0 Å². The summed E-state index contributed by atoms with van der Waals surface area (Å²) in [5.74, 6) is 1.52. The van der Waals surface area contributed by atoms with Crippen molar-refractivity contribution >= 4 is 28.9 Å². The van der Waals surface area contributed by atoms with Gasteiger partial charge in [0, 0.05) is 23.1 Å². The zero-order valence-corrected chi connectivity index (χ0v) is 19.0. The van der Waals surface area contributed by atoms with Crippen molar-refractivity contribution in [3.8, 4) is 22.8 Å². The van der Waals surface area contributed by atoms with E-state index in [2.05, 4.69) is 35.0 Å². The van der Waals surface area contributed by atoms with Gasteiger partial charge >= 0.3 is 0 Å². The monoisotopic (exact) mass is 449 g/mol. The second kappa shape index (κ2) is 10.2. The zero-order valence-electron chi connectivity index (χ0n) is 17.4. The predicted octanol–water partition coefficient (Wildman–Crippen LogP) is 5.32. The van der Waals surface area contributed by atoms with E-state index in [1.807, 2.05) is 46.6 Å². The molecule has 4 aromatic rings. The van der Waals surface area contributed by atoms with Crippen LogP contribution in [0.15, 0.2) is 80.8 Å². The molecule has 0 unspecified atom stereocenters. The Bertz CT molecular complexity index is 1210. The fraction of sp³-hybridized carbons (Fsp3) is 0.167. The maximum Gasteiger partial charge on any atom is 0.206 e. The Kier molecular flexibility index (Phi) is 6.96. The molecule has 0 bridgehead atoms. The van der Waals surface area contributed by atoms with E-state index in [0.717, 1.165) is 39.5 Å². The summed E-state index contributed by atoms with van der Waals surface area (Å²) < 4.78 is 12.9. The van der Waals surface area contributed by atoms with Crippen molar-refractivity contribution in [3.05, 3.63) is 86.7 Å². The standard InChI is InChI=1S/C24H23N3O2S2/c1-28-20-8-9-23(29-2)21(14-20)22-17-31-24(25-12-10-18-6-4-3-5-7-18)27(22)26-15-19-11-13-30-16-19/h3-9,11,13-17H,10,12H2,1-2H3. The third-order valence-electron chi connectivity index (χ3n) is 4.72. The SMILES string of the molecule is COc1ccc(OC)c(-c2csc(=NCCc3ccccc3)n2N=Cc2ccsc2)c1. The largest absolute Gasteiger partial charge is 0.497 e. The smallest absolute Gasteiger partial charge is 0.206 e. The molecule has 2 heterocycles. The van der Waals surface area contributed by atoms with Gasteiger partial charge in [-0.15, -0.1) is 11.3 Å². The number of benzene rings is 2. The van der Waals surface area contributed by atoms with Crippen molar-refractivity contribution < 1.29 is 9.47 Å². The van der Waals surface area contributed by atoms with Crippen LogP contribution in [-0.2, 0) is 6.42 Å². The van der Waals surface area contributed by atoms with E-state index in [1.165, 1.54) is 5.56 Å². The summed E-state index contributed by atoms with van der Waals surface area (Å²) in [6.45, 7) is 0.688. The second-order valence-electron chi connectivity index (χ2n) is 6.70. The molecular formula is C24H23N3O2S2.